The lowest BCUT2D eigenvalue weighted by Crippen LogP contribution is -1.92. The quantitative estimate of drug-likeness (QED) is 0.577. The van der Waals surface area contributed by atoms with Crippen molar-refractivity contribution >= 4 is 0 Å². The van der Waals surface area contributed by atoms with Crippen LogP contribution in [0.3, 0.4) is 0 Å². The molecular weight excluding hydrogens is 308 g/mol. The van der Waals surface area contributed by atoms with Crippen molar-refractivity contribution in [2.75, 3.05) is 6.79 Å². The SMILES string of the molecule is C(#Cc1cccc(C#Cc2ccc3c(c2)OCO3)c1)c1ccccc1. The fraction of sp³-hybridized carbons (Fsp3) is 0.0435. The van der Waals surface area contributed by atoms with E-state index in [-0.39, 0.29) is 6.79 Å². The first-order chi connectivity index (χ1) is 12.4. The van der Waals surface area contributed by atoms with Gasteiger partial charge in [0.05, 0.1) is 0 Å². The van der Waals surface area contributed by atoms with Crippen LogP contribution in [0.4, 0.5) is 0 Å². The molecule has 0 unspecified atom stereocenters. The molecule has 0 N–H and O–H groups in total. The Morgan fingerprint density at radius 1 is 0.520 bits per heavy atom. The first kappa shape index (κ1) is 14.9. The van der Waals surface area contributed by atoms with Crippen molar-refractivity contribution in [3.05, 3.63) is 95.1 Å². The third-order valence-electron chi connectivity index (χ3n) is 3.71. The number of rotatable bonds is 0. The van der Waals surface area contributed by atoms with Gasteiger partial charge in [-0.1, -0.05) is 47.9 Å². The van der Waals surface area contributed by atoms with Gasteiger partial charge in [-0.15, -0.1) is 0 Å². The van der Waals surface area contributed by atoms with E-state index in [4.69, 9.17) is 9.47 Å². The summed E-state index contributed by atoms with van der Waals surface area (Å²) in [4.78, 5) is 0. The lowest BCUT2D eigenvalue weighted by molar-refractivity contribution is 0.174. The third-order valence-corrected chi connectivity index (χ3v) is 3.71. The maximum absolute atomic E-state index is 5.38. The van der Waals surface area contributed by atoms with Crippen molar-refractivity contribution in [1.29, 1.82) is 0 Å². The summed E-state index contributed by atoms with van der Waals surface area (Å²) in [6.07, 6.45) is 0. The molecule has 0 amide bonds. The van der Waals surface area contributed by atoms with Crippen LogP contribution in [-0.2, 0) is 0 Å². The summed E-state index contributed by atoms with van der Waals surface area (Å²) in [5, 5.41) is 0. The molecule has 0 aromatic heterocycles. The highest BCUT2D eigenvalue weighted by molar-refractivity contribution is 5.52. The zero-order valence-corrected chi connectivity index (χ0v) is 13.5. The molecule has 3 aromatic rings. The second kappa shape index (κ2) is 6.87. The van der Waals surface area contributed by atoms with Gasteiger partial charge < -0.3 is 9.47 Å². The second-order valence-corrected chi connectivity index (χ2v) is 5.51. The van der Waals surface area contributed by atoms with Crippen LogP contribution in [0, 0.1) is 23.7 Å². The molecule has 3 aromatic carbocycles. The normalized spacial score (nSPS) is 11.0. The molecule has 0 spiro atoms. The summed E-state index contributed by atoms with van der Waals surface area (Å²) in [5.41, 5.74) is 3.77. The first-order valence-corrected chi connectivity index (χ1v) is 7.96. The van der Waals surface area contributed by atoms with Gasteiger partial charge in [0.15, 0.2) is 11.5 Å². The zero-order valence-electron chi connectivity index (χ0n) is 13.5. The topological polar surface area (TPSA) is 18.5 Å². The summed E-state index contributed by atoms with van der Waals surface area (Å²) in [7, 11) is 0. The van der Waals surface area contributed by atoms with Crippen LogP contribution >= 0.6 is 0 Å². The molecule has 2 heteroatoms. The first-order valence-electron chi connectivity index (χ1n) is 7.96. The predicted molar refractivity (Wildman–Crippen MR) is 97.4 cm³/mol. The van der Waals surface area contributed by atoms with Gasteiger partial charge in [-0.2, -0.15) is 0 Å². The number of hydrogen-bond acceptors (Lipinski definition) is 2. The van der Waals surface area contributed by atoms with E-state index in [2.05, 4.69) is 23.7 Å². The maximum atomic E-state index is 5.38. The molecule has 0 bridgehead atoms. The van der Waals surface area contributed by atoms with Gasteiger partial charge in [0.2, 0.25) is 6.79 Å². The Bertz CT molecular complexity index is 1030. The summed E-state index contributed by atoms with van der Waals surface area (Å²) >= 11 is 0. The van der Waals surface area contributed by atoms with Gasteiger partial charge in [-0.05, 0) is 48.5 Å². The van der Waals surface area contributed by atoms with Gasteiger partial charge in [-0.25, -0.2) is 0 Å². The van der Waals surface area contributed by atoms with E-state index in [0.717, 1.165) is 33.8 Å². The minimum atomic E-state index is 0.272. The van der Waals surface area contributed by atoms with E-state index in [9.17, 15) is 0 Å². The lowest BCUT2D eigenvalue weighted by Gasteiger charge is -1.96. The molecule has 1 heterocycles. The van der Waals surface area contributed by atoms with E-state index in [0.29, 0.717) is 0 Å². The Kier molecular flexibility index (Phi) is 4.11. The predicted octanol–water partition coefficient (Wildman–Crippen LogP) is 4.21. The zero-order chi connectivity index (χ0) is 16.9. The largest absolute Gasteiger partial charge is 0.454 e. The Balaban J connectivity index is 1.56. The number of fused-ring (bicyclic) bond motifs is 1. The van der Waals surface area contributed by atoms with Crippen molar-refractivity contribution in [3.63, 3.8) is 0 Å². The van der Waals surface area contributed by atoms with E-state index in [1.807, 2.05) is 72.8 Å². The van der Waals surface area contributed by atoms with Crippen molar-refractivity contribution in [1.82, 2.24) is 0 Å². The highest BCUT2D eigenvalue weighted by Gasteiger charge is 2.12. The van der Waals surface area contributed by atoms with Crippen LogP contribution in [0.5, 0.6) is 11.5 Å². The van der Waals surface area contributed by atoms with Crippen molar-refractivity contribution < 1.29 is 9.47 Å². The van der Waals surface area contributed by atoms with E-state index in [1.165, 1.54) is 0 Å². The van der Waals surface area contributed by atoms with Gasteiger partial charge in [-0.3, -0.25) is 0 Å². The van der Waals surface area contributed by atoms with Crippen LogP contribution in [0.15, 0.2) is 72.8 Å². The molecule has 1 aliphatic rings. The fourth-order valence-electron chi connectivity index (χ4n) is 2.46. The smallest absolute Gasteiger partial charge is 0.231 e. The van der Waals surface area contributed by atoms with Crippen molar-refractivity contribution in [2.24, 2.45) is 0 Å². The Morgan fingerprint density at radius 3 is 1.88 bits per heavy atom. The average Bonchev–Trinajstić information content (AvgIpc) is 3.14. The van der Waals surface area contributed by atoms with Crippen LogP contribution < -0.4 is 9.47 Å². The molecular formula is C23H14O2. The Labute approximate surface area is 147 Å². The molecule has 0 saturated carbocycles. The lowest BCUT2D eigenvalue weighted by atomic mass is 10.1. The van der Waals surface area contributed by atoms with E-state index >= 15 is 0 Å². The minimum absolute atomic E-state index is 0.272. The van der Waals surface area contributed by atoms with Gasteiger partial charge in [0, 0.05) is 22.3 Å². The summed E-state index contributed by atoms with van der Waals surface area (Å²) in [6.45, 7) is 0.272. The molecule has 0 aliphatic carbocycles. The van der Waals surface area contributed by atoms with Crippen molar-refractivity contribution in [2.45, 2.75) is 0 Å². The Hall–Kier alpha value is -3.62. The molecule has 0 atom stereocenters. The molecule has 0 saturated heterocycles. The number of hydrogen-bond donors (Lipinski definition) is 0. The molecule has 25 heavy (non-hydrogen) atoms. The van der Waals surface area contributed by atoms with Gasteiger partial charge >= 0.3 is 0 Å². The minimum Gasteiger partial charge on any atom is -0.454 e. The van der Waals surface area contributed by atoms with Crippen LogP contribution in [0.1, 0.15) is 22.3 Å². The van der Waals surface area contributed by atoms with E-state index in [1.54, 1.807) is 0 Å². The molecule has 0 radical (unpaired) electrons. The van der Waals surface area contributed by atoms with Crippen LogP contribution in [-0.4, -0.2) is 6.79 Å². The molecule has 1 aliphatic heterocycles. The molecule has 118 valence electrons. The van der Waals surface area contributed by atoms with Crippen molar-refractivity contribution in [3.8, 4) is 35.2 Å². The van der Waals surface area contributed by atoms with Crippen LogP contribution in [0.2, 0.25) is 0 Å². The van der Waals surface area contributed by atoms with Gasteiger partial charge in [0.25, 0.3) is 0 Å². The fourth-order valence-corrected chi connectivity index (χ4v) is 2.46. The number of benzene rings is 3. The highest BCUT2D eigenvalue weighted by Crippen LogP contribution is 2.32. The highest BCUT2D eigenvalue weighted by atomic mass is 16.7. The summed E-state index contributed by atoms with van der Waals surface area (Å²) in [5.74, 6) is 14.2. The molecule has 2 nitrogen and oxygen atoms in total. The summed E-state index contributed by atoms with van der Waals surface area (Å²) in [6, 6.07) is 23.6. The second-order valence-electron chi connectivity index (χ2n) is 5.51. The van der Waals surface area contributed by atoms with Crippen LogP contribution in [0.25, 0.3) is 0 Å². The molecule has 4 rings (SSSR count). The maximum Gasteiger partial charge on any atom is 0.231 e. The average molecular weight is 322 g/mol. The summed E-state index contributed by atoms with van der Waals surface area (Å²) < 4.78 is 10.7. The van der Waals surface area contributed by atoms with Gasteiger partial charge in [0.1, 0.15) is 0 Å². The monoisotopic (exact) mass is 322 g/mol. The Morgan fingerprint density at radius 2 is 1.12 bits per heavy atom. The number of ether oxygens (including phenoxy) is 2. The molecule has 0 fully saturated rings. The van der Waals surface area contributed by atoms with E-state index < -0.39 is 0 Å². The standard InChI is InChI=1S/C23H14O2/c1-2-5-18(6-3-1)9-10-19-7-4-8-20(15-19)11-12-21-13-14-22-23(16-21)25-17-24-22/h1-8,13-16H,17H2. The third kappa shape index (κ3) is 3.66.